The zero-order valence-electron chi connectivity index (χ0n) is 28.6. The number of hydrogen-bond acceptors (Lipinski definition) is 8. The Morgan fingerprint density at radius 3 is 2.04 bits per heavy atom. The molecule has 12 nitrogen and oxygen atoms in total. The van der Waals surface area contributed by atoms with Gasteiger partial charge in [0.25, 0.3) is 0 Å². The Balaban J connectivity index is 0.000000587. The lowest BCUT2D eigenvalue weighted by atomic mass is 10.1. The second kappa shape index (κ2) is 19.1. The molecule has 3 aromatic carbocycles. The second-order valence-electron chi connectivity index (χ2n) is 10.8. The summed E-state index contributed by atoms with van der Waals surface area (Å²) in [4.78, 5) is 27.6. The molecule has 0 unspecified atom stereocenters. The number of alkyl halides is 6. The molecule has 6 N–H and O–H groups in total. The molecule has 0 saturated heterocycles. The van der Waals surface area contributed by atoms with E-state index in [9.17, 15) is 26.3 Å². The van der Waals surface area contributed by atoms with Crippen LogP contribution in [0.5, 0.6) is 11.5 Å². The maximum atomic E-state index is 16.0. The van der Waals surface area contributed by atoms with Gasteiger partial charge in [-0.05, 0) is 50.6 Å². The van der Waals surface area contributed by atoms with Gasteiger partial charge in [-0.2, -0.15) is 26.3 Å². The summed E-state index contributed by atoms with van der Waals surface area (Å²) in [5, 5.41) is 22.0. The average molecular weight is 760 g/mol. The molecule has 0 atom stereocenters. The molecular formula is C34H36F7N5O7. The summed E-state index contributed by atoms with van der Waals surface area (Å²) in [7, 11) is 1.66. The molecule has 0 amide bonds. The van der Waals surface area contributed by atoms with Gasteiger partial charge in [0.2, 0.25) is 0 Å². The number of aromatic amines is 1. The molecule has 0 aliphatic heterocycles. The normalized spacial score (nSPS) is 11.1. The van der Waals surface area contributed by atoms with E-state index in [1.54, 1.807) is 54.6 Å². The van der Waals surface area contributed by atoms with Crippen LogP contribution in [0.1, 0.15) is 37.7 Å². The molecule has 0 saturated carbocycles. The van der Waals surface area contributed by atoms with Crippen LogP contribution in [0.2, 0.25) is 0 Å². The molecule has 1 aromatic heterocycles. The maximum Gasteiger partial charge on any atom is 0.490 e. The number of amidine groups is 1. The number of anilines is 2. The van der Waals surface area contributed by atoms with Gasteiger partial charge in [0.15, 0.2) is 11.6 Å². The van der Waals surface area contributed by atoms with Crippen molar-refractivity contribution in [2.45, 2.75) is 52.4 Å². The Kier molecular flexibility index (Phi) is 15.6. The zero-order valence-corrected chi connectivity index (χ0v) is 28.6. The summed E-state index contributed by atoms with van der Waals surface area (Å²) in [6.07, 6.45) is -8.63. The number of nitrogens with one attached hydrogen (secondary N) is 2. The van der Waals surface area contributed by atoms with E-state index in [0.29, 0.717) is 36.0 Å². The highest BCUT2D eigenvalue weighted by Crippen LogP contribution is 2.38. The number of benzene rings is 3. The first kappa shape index (κ1) is 43.3. The van der Waals surface area contributed by atoms with E-state index >= 15 is 4.39 Å². The van der Waals surface area contributed by atoms with Crippen LogP contribution in [0, 0.1) is 11.2 Å². The molecule has 288 valence electrons. The van der Waals surface area contributed by atoms with Crippen molar-refractivity contribution in [3.05, 3.63) is 89.6 Å². The maximum absolute atomic E-state index is 16.0. The highest BCUT2D eigenvalue weighted by Gasteiger charge is 2.39. The quantitative estimate of drug-likeness (QED) is 0.0553. The number of imidazole rings is 1. The second-order valence-corrected chi connectivity index (χ2v) is 10.8. The third-order valence-corrected chi connectivity index (χ3v) is 6.48. The van der Waals surface area contributed by atoms with Crippen molar-refractivity contribution in [2.75, 3.05) is 18.6 Å². The smallest absolute Gasteiger partial charge is 0.490 e. The van der Waals surface area contributed by atoms with Crippen molar-refractivity contribution < 1.29 is 64.7 Å². The number of carbonyl (C=O) groups is 2. The number of nitrogens with zero attached hydrogens (tertiary/aromatic N) is 2. The Hall–Kier alpha value is -5.85. The third-order valence-electron chi connectivity index (χ3n) is 6.48. The third kappa shape index (κ3) is 13.3. The summed E-state index contributed by atoms with van der Waals surface area (Å²) in [6, 6.07) is 18.2. The first-order valence-corrected chi connectivity index (χ1v) is 15.3. The minimum Gasteiger partial charge on any atom is -0.494 e. The van der Waals surface area contributed by atoms with E-state index in [1.165, 1.54) is 0 Å². The Bertz CT molecular complexity index is 1810. The molecule has 0 aliphatic carbocycles. The Morgan fingerprint density at radius 1 is 0.981 bits per heavy atom. The predicted molar refractivity (Wildman–Crippen MR) is 179 cm³/mol. The van der Waals surface area contributed by atoms with E-state index in [4.69, 9.17) is 45.2 Å². The van der Waals surface area contributed by atoms with Gasteiger partial charge in [0.05, 0.1) is 43.4 Å². The van der Waals surface area contributed by atoms with E-state index < -0.39 is 30.1 Å². The van der Waals surface area contributed by atoms with Crippen LogP contribution in [0.15, 0.2) is 66.9 Å². The summed E-state index contributed by atoms with van der Waals surface area (Å²) < 4.78 is 96.4. The van der Waals surface area contributed by atoms with Gasteiger partial charge in [-0.25, -0.2) is 19.0 Å². The van der Waals surface area contributed by atoms with Crippen molar-refractivity contribution in [1.82, 2.24) is 9.97 Å². The molecule has 19 heteroatoms. The number of halogens is 7. The molecule has 1 heterocycles. The lowest BCUT2D eigenvalue weighted by molar-refractivity contribution is -0.193. The van der Waals surface area contributed by atoms with Gasteiger partial charge in [-0.3, -0.25) is 5.41 Å². The number of hydrogen-bond donors (Lipinski definition) is 5. The molecule has 0 radical (unpaired) electrons. The van der Waals surface area contributed by atoms with Gasteiger partial charge in [0.1, 0.15) is 17.4 Å². The first-order valence-electron chi connectivity index (χ1n) is 15.3. The number of carboxylic acids is 2. The molecule has 4 aromatic rings. The Labute approximate surface area is 298 Å². The highest BCUT2D eigenvalue weighted by atomic mass is 19.4. The van der Waals surface area contributed by atoms with Crippen molar-refractivity contribution in [3.8, 4) is 22.8 Å². The number of aromatic nitrogens is 2. The van der Waals surface area contributed by atoms with Gasteiger partial charge in [-0.15, -0.1) is 0 Å². The minimum atomic E-state index is -5.08. The summed E-state index contributed by atoms with van der Waals surface area (Å²) in [6.45, 7) is 6.66. The fourth-order valence-electron chi connectivity index (χ4n) is 4.28. The summed E-state index contributed by atoms with van der Waals surface area (Å²) in [5.74, 6) is -4.86. The molecule has 0 aliphatic rings. The molecule has 53 heavy (non-hydrogen) atoms. The molecule has 0 bridgehead atoms. The standard InChI is InChI=1S/C30H34FN5O3.2C2HF3O2/c1-5-38-23-14-26(29(31)27(15-23)39-19(2)3)36(22-12-10-20(11-13-22)30(32)33)17-28-34-16-25(35-28)24-9-7-6-8-21(24)18-37-4;2*3-2(4,5)1(6)7/h6-16,19H,5,17-18H2,1-4H3,(H3,32,33)(H,34,35);2*(H,6,7). The van der Waals surface area contributed by atoms with Gasteiger partial charge < -0.3 is 40.0 Å². The van der Waals surface area contributed by atoms with Gasteiger partial charge in [-0.1, -0.05) is 24.3 Å². The van der Waals surface area contributed by atoms with Crippen molar-refractivity contribution in [2.24, 2.45) is 5.73 Å². The van der Waals surface area contributed by atoms with Crippen LogP contribution in [0.3, 0.4) is 0 Å². The molecule has 4 rings (SSSR count). The van der Waals surface area contributed by atoms with Crippen molar-refractivity contribution in [1.29, 1.82) is 5.41 Å². The number of nitrogens with two attached hydrogens (primary N) is 1. The zero-order chi connectivity index (χ0) is 40.1. The molecule has 0 fully saturated rings. The minimum absolute atomic E-state index is 0.0457. The van der Waals surface area contributed by atoms with Crippen LogP contribution >= 0.6 is 0 Å². The van der Waals surface area contributed by atoms with Crippen LogP contribution in [-0.2, 0) is 27.5 Å². The van der Waals surface area contributed by atoms with Crippen LogP contribution in [0.25, 0.3) is 11.3 Å². The topological polar surface area (TPSA) is 184 Å². The molecular weight excluding hydrogens is 723 g/mol. The number of rotatable bonds is 12. The van der Waals surface area contributed by atoms with E-state index in [0.717, 1.165) is 16.8 Å². The molecule has 0 spiro atoms. The monoisotopic (exact) mass is 759 g/mol. The Morgan fingerprint density at radius 2 is 1.55 bits per heavy atom. The van der Waals surface area contributed by atoms with Crippen LogP contribution in [-0.4, -0.2) is 70.1 Å². The van der Waals surface area contributed by atoms with E-state index in [2.05, 4.69) is 9.97 Å². The highest BCUT2D eigenvalue weighted by molar-refractivity contribution is 5.95. The SMILES string of the molecule is CCOc1cc(OC(C)C)c(F)c(N(Cc2ncc(-c3ccccc3COC)[nH]2)c2ccc(C(=N)N)cc2)c1.O=C(O)C(F)(F)F.O=C(O)C(F)(F)F. The van der Waals surface area contributed by atoms with Gasteiger partial charge in [0, 0.05) is 36.1 Å². The van der Waals surface area contributed by atoms with Crippen molar-refractivity contribution >= 4 is 29.1 Å². The fraction of sp³-hybridized carbons (Fsp3) is 0.294. The first-order chi connectivity index (χ1) is 24.7. The van der Waals surface area contributed by atoms with E-state index in [1.807, 2.05) is 45.0 Å². The van der Waals surface area contributed by atoms with Crippen LogP contribution in [0.4, 0.5) is 42.1 Å². The van der Waals surface area contributed by atoms with Gasteiger partial charge >= 0.3 is 24.3 Å². The predicted octanol–water partition coefficient (Wildman–Crippen LogP) is 7.44. The number of nitrogen functional groups attached to an aromatic ring is 1. The van der Waals surface area contributed by atoms with Crippen LogP contribution < -0.4 is 20.1 Å². The summed E-state index contributed by atoms with van der Waals surface area (Å²) in [5.41, 5.74) is 10.0. The number of ether oxygens (including phenoxy) is 3. The summed E-state index contributed by atoms with van der Waals surface area (Å²) >= 11 is 0. The number of aliphatic carboxylic acids is 2. The number of methoxy groups -OCH3 is 1. The van der Waals surface area contributed by atoms with Crippen molar-refractivity contribution in [3.63, 3.8) is 0 Å². The average Bonchev–Trinajstić information content (AvgIpc) is 3.54. The largest absolute Gasteiger partial charge is 0.494 e. The van der Waals surface area contributed by atoms with E-state index in [-0.39, 0.29) is 29.9 Å². The number of carboxylic acid groups (broad SMARTS) is 2. The lowest BCUT2D eigenvalue weighted by Crippen LogP contribution is -2.21. The lowest BCUT2D eigenvalue weighted by Gasteiger charge is -2.26. The fourth-order valence-corrected chi connectivity index (χ4v) is 4.28. The number of H-pyrrole nitrogens is 1.